The fourth-order valence-electron chi connectivity index (χ4n) is 3.53. The zero-order valence-electron chi connectivity index (χ0n) is 16.5. The first-order valence-corrected chi connectivity index (χ1v) is 9.43. The molecule has 152 valence electrons. The van der Waals surface area contributed by atoms with Gasteiger partial charge in [0.25, 0.3) is 0 Å². The molecular weight excluding hydrogens is 372 g/mol. The van der Waals surface area contributed by atoms with Gasteiger partial charge in [-0.3, -0.25) is 9.59 Å². The van der Waals surface area contributed by atoms with Crippen molar-refractivity contribution >= 4 is 17.6 Å². The minimum Gasteiger partial charge on any atom is -0.504 e. The Labute approximate surface area is 169 Å². The van der Waals surface area contributed by atoms with Crippen LogP contribution in [0.1, 0.15) is 30.4 Å². The van der Waals surface area contributed by atoms with Crippen LogP contribution in [0, 0.1) is 5.92 Å². The van der Waals surface area contributed by atoms with Gasteiger partial charge in [-0.15, -0.1) is 0 Å². The van der Waals surface area contributed by atoms with Crippen LogP contribution >= 0.6 is 0 Å². The van der Waals surface area contributed by atoms with Crippen LogP contribution in [0.3, 0.4) is 0 Å². The van der Waals surface area contributed by atoms with Crippen LogP contribution in [0.5, 0.6) is 23.0 Å². The van der Waals surface area contributed by atoms with Crippen molar-refractivity contribution < 1.29 is 29.3 Å². The third kappa shape index (κ3) is 4.59. The molecule has 2 aromatic rings. The molecule has 1 unspecified atom stereocenters. The highest BCUT2D eigenvalue weighted by atomic mass is 16.5. The van der Waals surface area contributed by atoms with Crippen molar-refractivity contribution in [2.24, 2.45) is 5.92 Å². The number of rotatable bonds is 7. The van der Waals surface area contributed by atoms with E-state index in [1.807, 2.05) is 0 Å². The Bertz CT molecular complexity index is 960. The summed E-state index contributed by atoms with van der Waals surface area (Å²) in [7, 11) is 2.93. The molecule has 0 bridgehead atoms. The lowest BCUT2D eigenvalue weighted by Crippen LogP contribution is -2.19. The minimum absolute atomic E-state index is 0.0336. The summed E-state index contributed by atoms with van der Waals surface area (Å²) in [5.41, 5.74) is 2.22. The summed E-state index contributed by atoms with van der Waals surface area (Å²) in [6.07, 6.45) is 3.55. The van der Waals surface area contributed by atoms with Gasteiger partial charge >= 0.3 is 0 Å². The van der Waals surface area contributed by atoms with Gasteiger partial charge in [0.05, 0.1) is 20.1 Å². The number of benzene rings is 2. The first-order chi connectivity index (χ1) is 13.9. The summed E-state index contributed by atoms with van der Waals surface area (Å²) in [4.78, 5) is 25.3. The summed E-state index contributed by atoms with van der Waals surface area (Å²) < 4.78 is 10.2. The zero-order chi connectivity index (χ0) is 21.0. The Kier molecular flexibility index (Phi) is 6.22. The maximum atomic E-state index is 12.7. The second kappa shape index (κ2) is 8.82. The molecule has 0 spiro atoms. The van der Waals surface area contributed by atoms with Gasteiger partial charge in [-0.1, -0.05) is 12.1 Å². The summed E-state index contributed by atoms with van der Waals surface area (Å²) in [6.45, 7) is 0. The molecule has 1 saturated carbocycles. The molecule has 2 N–H and O–H groups in total. The number of carbonyl (C=O) groups is 2. The van der Waals surface area contributed by atoms with E-state index < -0.39 is 5.92 Å². The van der Waals surface area contributed by atoms with Crippen molar-refractivity contribution in [1.29, 1.82) is 0 Å². The summed E-state index contributed by atoms with van der Waals surface area (Å²) >= 11 is 0. The molecule has 0 aromatic heterocycles. The van der Waals surface area contributed by atoms with Gasteiger partial charge in [0, 0.05) is 6.42 Å². The molecule has 1 aliphatic rings. The van der Waals surface area contributed by atoms with Crippen LogP contribution < -0.4 is 9.47 Å². The molecule has 1 aliphatic carbocycles. The monoisotopic (exact) mass is 396 g/mol. The predicted molar refractivity (Wildman–Crippen MR) is 108 cm³/mol. The fourth-order valence-corrected chi connectivity index (χ4v) is 3.53. The van der Waals surface area contributed by atoms with E-state index in [4.69, 9.17) is 9.47 Å². The van der Waals surface area contributed by atoms with Gasteiger partial charge in [-0.25, -0.2) is 0 Å². The number of phenols is 2. The van der Waals surface area contributed by atoms with Gasteiger partial charge in [0.2, 0.25) is 0 Å². The SMILES string of the molecule is COc1cc(/C=C2\CCC(C(=O)CCc3ccc(O)c(OC)c3)C2=O)ccc1O. The van der Waals surface area contributed by atoms with Crippen LogP contribution in [0.4, 0.5) is 0 Å². The number of hydrogen-bond acceptors (Lipinski definition) is 6. The molecule has 6 nitrogen and oxygen atoms in total. The molecule has 0 heterocycles. The second-order valence-corrected chi connectivity index (χ2v) is 7.03. The third-order valence-corrected chi connectivity index (χ3v) is 5.17. The predicted octanol–water partition coefficient (Wildman–Crippen LogP) is 3.68. The van der Waals surface area contributed by atoms with Crippen LogP contribution in [0.15, 0.2) is 42.0 Å². The van der Waals surface area contributed by atoms with Gasteiger partial charge < -0.3 is 19.7 Å². The summed E-state index contributed by atoms with van der Waals surface area (Å²) in [5, 5.41) is 19.3. The molecule has 0 saturated heterocycles. The van der Waals surface area contributed by atoms with Crippen molar-refractivity contribution in [2.75, 3.05) is 14.2 Å². The maximum Gasteiger partial charge on any atom is 0.169 e. The number of ether oxygens (including phenoxy) is 2. The minimum atomic E-state index is -0.612. The number of methoxy groups -OCH3 is 2. The first kappa shape index (κ1) is 20.5. The highest BCUT2D eigenvalue weighted by Gasteiger charge is 2.34. The van der Waals surface area contributed by atoms with Gasteiger partial charge in [-0.2, -0.15) is 0 Å². The molecular formula is C23H24O6. The van der Waals surface area contributed by atoms with E-state index in [1.165, 1.54) is 26.4 Å². The van der Waals surface area contributed by atoms with Crippen molar-refractivity contribution in [3.05, 3.63) is 53.1 Å². The Balaban J connectivity index is 1.65. The van der Waals surface area contributed by atoms with E-state index in [0.717, 1.165) is 11.1 Å². The molecule has 2 aromatic carbocycles. The lowest BCUT2D eigenvalue weighted by molar-refractivity contribution is -0.129. The van der Waals surface area contributed by atoms with Crippen LogP contribution in [0.25, 0.3) is 6.08 Å². The van der Waals surface area contributed by atoms with Crippen molar-refractivity contribution in [2.45, 2.75) is 25.7 Å². The Morgan fingerprint density at radius 3 is 2.41 bits per heavy atom. The number of carbonyl (C=O) groups excluding carboxylic acids is 2. The number of allylic oxidation sites excluding steroid dienone is 1. The van der Waals surface area contributed by atoms with Crippen molar-refractivity contribution in [1.82, 2.24) is 0 Å². The average Bonchev–Trinajstić information content (AvgIpc) is 3.08. The lowest BCUT2D eigenvalue weighted by Gasteiger charge is -2.09. The second-order valence-electron chi connectivity index (χ2n) is 7.03. The van der Waals surface area contributed by atoms with Gasteiger partial charge in [0.1, 0.15) is 5.78 Å². The number of phenolic OH excluding ortho intramolecular Hbond substituents is 2. The average molecular weight is 396 g/mol. The molecule has 1 fully saturated rings. The molecule has 1 atom stereocenters. The zero-order valence-corrected chi connectivity index (χ0v) is 16.5. The summed E-state index contributed by atoms with van der Waals surface area (Å²) in [6, 6.07) is 9.84. The van der Waals surface area contributed by atoms with Crippen LogP contribution in [-0.4, -0.2) is 36.0 Å². The third-order valence-electron chi connectivity index (χ3n) is 5.17. The fraction of sp³-hybridized carbons (Fsp3) is 0.304. The van der Waals surface area contributed by atoms with E-state index in [9.17, 15) is 19.8 Å². The molecule has 6 heteroatoms. The number of aryl methyl sites for hydroxylation is 1. The highest BCUT2D eigenvalue weighted by Crippen LogP contribution is 2.33. The van der Waals surface area contributed by atoms with E-state index in [0.29, 0.717) is 36.3 Å². The number of Topliss-reactive ketones (excluding diaryl/α,β-unsaturated/α-hetero) is 2. The quantitative estimate of drug-likeness (QED) is 0.548. The number of hydrogen-bond donors (Lipinski definition) is 2. The molecule has 0 radical (unpaired) electrons. The number of ketones is 2. The van der Waals surface area contributed by atoms with Gasteiger partial charge in [0.15, 0.2) is 28.8 Å². The van der Waals surface area contributed by atoms with E-state index in [-0.39, 0.29) is 29.5 Å². The highest BCUT2D eigenvalue weighted by molar-refractivity contribution is 6.14. The van der Waals surface area contributed by atoms with Crippen LogP contribution in [-0.2, 0) is 16.0 Å². The first-order valence-electron chi connectivity index (χ1n) is 9.43. The largest absolute Gasteiger partial charge is 0.504 e. The molecule has 0 amide bonds. The van der Waals surface area contributed by atoms with E-state index in [2.05, 4.69) is 0 Å². The topological polar surface area (TPSA) is 93.1 Å². The molecule has 3 rings (SSSR count). The molecule has 29 heavy (non-hydrogen) atoms. The van der Waals surface area contributed by atoms with Gasteiger partial charge in [-0.05, 0) is 66.3 Å². The Hall–Kier alpha value is -3.28. The standard InChI is InChI=1S/C23H24O6/c1-28-21-12-14(4-9-19(21)25)3-8-18(24)17-7-6-16(23(17)27)11-15-5-10-20(26)22(13-15)29-2/h4-5,9-13,17,25-26H,3,6-8H2,1-2H3/b16-11+. The van der Waals surface area contributed by atoms with Crippen molar-refractivity contribution in [3.63, 3.8) is 0 Å². The maximum absolute atomic E-state index is 12.7. The lowest BCUT2D eigenvalue weighted by atomic mass is 9.95. The normalized spacial score (nSPS) is 17.5. The number of aromatic hydroxyl groups is 2. The van der Waals surface area contributed by atoms with E-state index >= 15 is 0 Å². The molecule has 0 aliphatic heterocycles. The van der Waals surface area contributed by atoms with Crippen molar-refractivity contribution in [3.8, 4) is 23.0 Å². The van der Waals surface area contributed by atoms with E-state index in [1.54, 1.807) is 30.3 Å². The Morgan fingerprint density at radius 2 is 1.72 bits per heavy atom. The summed E-state index contributed by atoms with van der Waals surface area (Å²) in [5.74, 6) is -0.0398. The van der Waals surface area contributed by atoms with Crippen LogP contribution in [0.2, 0.25) is 0 Å². The Morgan fingerprint density at radius 1 is 1.07 bits per heavy atom. The smallest absolute Gasteiger partial charge is 0.169 e.